The number of alkyl halides is 3. The number of ether oxygens (including phenoxy) is 3. The van der Waals surface area contributed by atoms with Crippen molar-refractivity contribution >= 4 is 16.9 Å². The summed E-state index contributed by atoms with van der Waals surface area (Å²) in [5.41, 5.74) is -0.496. The number of esters is 1. The third-order valence-corrected chi connectivity index (χ3v) is 5.54. The average Bonchev–Trinajstić information content (AvgIpc) is 2.84. The second-order valence-corrected chi connectivity index (χ2v) is 9.24. The maximum absolute atomic E-state index is 13.9. The minimum absolute atomic E-state index is 0.0500. The van der Waals surface area contributed by atoms with Crippen LogP contribution in [0.3, 0.4) is 0 Å². The molecule has 0 aliphatic heterocycles. The van der Waals surface area contributed by atoms with Gasteiger partial charge < -0.3 is 18.6 Å². The van der Waals surface area contributed by atoms with Gasteiger partial charge in [-0.1, -0.05) is 39.0 Å². The number of benzene rings is 3. The molecule has 0 spiro atoms. The van der Waals surface area contributed by atoms with E-state index in [1.165, 1.54) is 43.5 Å². The summed E-state index contributed by atoms with van der Waals surface area (Å²) in [7, 11) is 1.44. The molecule has 6 nitrogen and oxygen atoms in total. The lowest BCUT2D eigenvalue weighted by Gasteiger charge is -2.19. The predicted octanol–water partition coefficient (Wildman–Crippen LogP) is 7.13. The Labute approximate surface area is 210 Å². The van der Waals surface area contributed by atoms with Crippen molar-refractivity contribution in [2.45, 2.75) is 32.4 Å². The minimum atomic E-state index is -5.03. The Balaban J connectivity index is 1.71. The van der Waals surface area contributed by atoms with Crippen molar-refractivity contribution in [1.29, 1.82) is 0 Å². The zero-order valence-corrected chi connectivity index (χ0v) is 20.4. The number of hydrogen-bond donors (Lipinski definition) is 0. The van der Waals surface area contributed by atoms with E-state index >= 15 is 0 Å². The molecule has 0 saturated heterocycles. The Hall–Kier alpha value is -4.27. The SMILES string of the molecule is COc1cccc(C(=O)Oc2ccc3c(=O)c(Oc4ccc(C(C)(C)C)cc4)c(C(F)(F)F)oc3c2)c1. The molecule has 0 atom stereocenters. The van der Waals surface area contributed by atoms with Crippen LogP contribution in [-0.4, -0.2) is 13.1 Å². The van der Waals surface area contributed by atoms with Crippen molar-refractivity contribution in [2.24, 2.45) is 0 Å². The van der Waals surface area contributed by atoms with Gasteiger partial charge >= 0.3 is 12.1 Å². The van der Waals surface area contributed by atoms with E-state index in [9.17, 15) is 22.8 Å². The maximum atomic E-state index is 13.9. The van der Waals surface area contributed by atoms with E-state index in [0.29, 0.717) is 5.75 Å². The maximum Gasteiger partial charge on any atom is 0.453 e. The van der Waals surface area contributed by atoms with Crippen LogP contribution in [0.15, 0.2) is 75.9 Å². The second kappa shape index (κ2) is 9.65. The smallest absolute Gasteiger partial charge is 0.453 e. The molecule has 4 rings (SSSR count). The molecule has 4 aromatic rings. The van der Waals surface area contributed by atoms with Crippen molar-refractivity contribution in [3.63, 3.8) is 0 Å². The molecule has 0 saturated carbocycles. The largest absolute Gasteiger partial charge is 0.497 e. The van der Waals surface area contributed by atoms with Crippen molar-refractivity contribution < 1.29 is 36.6 Å². The van der Waals surface area contributed by atoms with Gasteiger partial charge in [-0.05, 0) is 53.4 Å². The highest BCUT2D eigenvalue weighted by Gasteiger charge is 2.40. The van der Waals surface area contributed by atoms with Crippen LogP contribution in [0.1, 0.15) is 42.5 Å². The monoisotopic (exact) mass is 512 g/mol. The molecule has 37 heavy (non-hydrogen) atoms. The van der Waals surface area contributed by atoms with Crippen LogP contribution in [0.25, 0.3) is 11.0 Å². The molecule has 3 aromatic carbocycles. The summed E-state index contributed by atoms with van der Waals surface area (Å²) in [4.78, 5) is 25.5. The summed E-state index contributed by atoms with van der Waals surface area (Å²) in [6, 6.07) is 16.1. The van der Waals surface area contributed by atoms with Crippen LogP contribution in [0.5, 0.6) is 23.0 Å². The third-order valence-electron chi connectivity index (χ3n) is 5.54. The molecular formula is C28H23F3O6. The topological polar surface area (TPSA) is 75.0 Å². The molecule has 0 bridgehead atoms. The van der Waals surface area contributed by atoms with Gasteiger partial charge in [-0.25, -0.2) is 4.79 Å². The number of fused-ring (bicyclic) bond motifs is 1. The number of rotatable bonds is 5. The first-order chi connectivity index (χ1) is 17.4. The number of carbonyl (C=O) groups is 1. The van der Waals surface area contributed by atoms with Gasteiger partial charge in [-0.15, -0.1) is 0 Å². The Kier molecular flexibility index (Phi) is 6.73. The van der Waals surface area contributed by atoms with Gasteiger partial charge in [-0.3, -0.25) is 4.79 Å². The van der Waals surface area contributed by atoms with Gasteiger partial charge in [-0.2, -0.15) is 13.2 Å². The van der Waals surface area contributed by atoms with E-state index < -0.39 is 34.7 Å². The molecule has 0 N–H and O–H groups in total. The minimum Gasteiger partial charge on any atom is -0.497 e. The zero-order chi connectivity index (χ0) is 27.0. The molecule has 0 fully saturated rings. The first kappa shape index (κ1) is 25.8. The summed E-state index contributed by atoms with van der Waals surface area (Å²) < 4.78 is 62.4. The highest BCUT2D eigenvalue weighted by molar-refractivity contribution is 5.92. The van der Waals surface area contributed by atoms with E-state index in [-0.39, 0.29) is 27.9 Å². The lowest BCUT2D eigenvalue weighted by Crippen LogP contribution is -2.16. The number of hydrogen-bond acceptors (Lipinski definition) is 6. The van der Waals surface area contributed by atoms with Crippen molar-refractivity contribution in [1.82, 2.24) is 0 Å². The first-order valence-electron chi connectivity index (χ1n) is 11.2. The molecule has 0 unspecified atom stereocenters. The second-order valence-electron chi connectivity index (χ2n) is 9.24. The van der Waals surface area contributed by atoms with Gasteiger partial charge in [0.2, 0.25) is 11.2 Å². The molecular weight excluding hydrogens is 489 g/mol. The van der Waals surface area contributed by atoms with E-state index in [4.69, 9.17) is 18.6 Å². The lowest BCUT2D eigenvalue weighted by molar-refractivity contribution is -0.154. The molecule has 9 heteroatoms. The molecule has 0 amide bonds. The summed E-state index contributed by atoms with van der Waals surface area (Å²) >= 11 is 0. The van der Waals surface area contributed by atoms with Crippen molar-refractivity contribution in [3.8, 4) is 23.0 Å². The van der Waals surface area contributed by atoms with E-state index in [0.717, 1.165) is 11.6 Å². The van der Waals surface area contributed by atoms with E-state index in [2.05, 4.69) is 0 Å². The Bertz CT molecular complexity index is 1510. The van der Waals surface area contributed by atoms with Crippen LogP contribution in [-0.2, 0) is 11.6 Å². The van der Waals surface area contributed by atoms with Crippen LogP contribution in [0, 0.1) is 0 Å². The normalized spacial score (nSPS) is 11.9. The highest BCUT2D eigenvalue weighted by Crippen LogP contribution is 2.39. The van der Waals surface area contributed by atoms with Gasteiger partial charge in [0.05, 0.1) is 18.1 Å². The van der Waals surface area contributed by atoms with Crippen LogP contribution in [0.4, 0.5) is 13.2 Å². The number of halogens is 3. The van der Waals surface area contributed by atoms with Gasteiger partial charge in [0.25, 0.3) is 5.76 Å². The van der Waals surface area contributed by atoms with Crippen molar-refractivity contribution in [2.75, 3.05) is 7.11 Å². The Morgan fingerprint density at radius 2 is 1.54 bits per heavy atom. The quantitative estimate of drug-likeness (QED) is 0.209. The zero-order valence-electron chi connectivity index (χ0n) is 20.4. The van der Waals surface area contributed by atoms with Gasteiger partial charge in [0.15, 0.2) is 0 Å². The number of methoxy groups -OCH3 is 1. The van der Waals surface area contributed by atoms with E-state index in [1.807, 2.05) is 20.8 Å². The highest BCUT2D eigenvalue weighted by atomic mass is 19.4. The fourth-order valence-electron chi connectivity index (χ4n) is 3.56. The lowest BCUT2D eigenvalue weighted by atomic mass is 9.87. The molecule has 192 valence electrons. The standard InChI is InChI=1S/C28H23F3O6/c1-27(2,3)17-8-10-18(11-9-17)35-24-23(32)21-13-12-20(15-22(21)37-25(24)28(29,30)31)36-26(33)16-6-5-7-19(14-16)34-4/h5-15H,1-4H3. The third kappa shape index (κ3) is 5.61. The molecule has 0 aliphatic carbocycles. The Morgan fingerprint density at radius 1 is 0.865 bits per heavy atom. The van der Waals surface area contributed by atoms with Crippen molar-refractivity contribution in [3.05, 3.63) is 93.8 Å². The summed E-state index contributed by atoms with van der Waals surface area (Å²) in [5, 5.41) is -0.171. The summed E-state index contributed by atoms with van der Waals surface area (Å²) in [6.45, 7) is 5.97. The van der Waals surface area contributed by atoms with Crippen LogP contribution >= 0.6 is 0 Å². The van der Waals surface area contributed by atoms with E-state index in [1.54, 1.807) is 24.3 Å². The molecule has 1 aromatic heterocycles. The molecule has 0 radical (unpaired) electrons. The van der Waals surface area contributed by atoms with Crippen LogP contribution in [0.2, 0.25) is 0 Å². The molecule has 0 aliphatic rings. The summed E-state index contributed by atoms with van der Waals surface area (Å²) in [6.07, 6.45) is -5.03. The first-order valence-corrected chi connectivity index (χ1v) is 11.2. The Morgan fingerprint density at radius 3 is 2.16 bits per heavy atom. The van der Waals surface area contributed by atoms with Gasteiger partial charge in [0.1, 0.15) is 22.8 Å². The molecule has 1 heterocycles. The fourth-order valence-corrected chi connectivity index (χ4v) is 3.56. The average molecular weight is 512 g/mol. The summed E-state index contributed by atoms with van der Waals surface area (Å²) in [5.74, 6) is -2.98. The fraction of sp³-hybridized carbons (Fsp3) is 0.214. The van der Waals surface area contributed by atoms with Gasteiger partial charge in [0, 0.05) is 6.07 Å². The van der Waals surface area contributed by atoms with Crippen LogP contribution < -0.4 is 19.6 Å². The predicted molar refractivity (Wildman–Crippen MR) is 131 cm³/mol. The number of carbonyl (C=O) groups excluding carboxylic acids is 1.